The van der Waals surface area contributed by atoms with E-state index in [-0.39, 0.29) is 12.1 Å². The monoisotopic (exact) mass is 305 g/mol. The summed E-state index contributed by atoms with van der Waals surface area (Å²) in [6.45, 7) is 6.32. The van der Waals surface area contributed by atoms with Crippen molar-refractivity contribution in [1.82, 2.24) is 10.2 Å². The molecule has 1 amide bonds. The van der Waals surface area contributed by atoms with Crippen molar-refractivity contribution in [3.8, 4) is 6.07 Å². The van der Waals surface area contributed by atoms with Gasteiger partial charge in [0.15, 0.2) is 0 Å². The Morgan fingerprint density at radius 1 is 1.45 bits per heavy atom. The molecule has 1 saturated heterocycles. The average molecular weight is 305 g/mol. The molecule has 0 aromatic heterocycles. The van der Waals surface area contributed by atoms with E-state index in [0.29, 0.717) is 18.7 Å². The number of amides is 1. The Hall–Kier alpha value is -2.13. The maximum absolute atomic E-state index is 13.7. The standard InChI is InChI=1S/C16H20FN3O2/c1-16(2,3)22-15(21)20-9-11(10-20)19-14(8-18)12-6-4-5-7-13(12)17/h4-7,11,14,19H,9-10H2,1-3H3/t14-/m1/s1. The summed E-state index contributed by atoms with van der Waals surface area (Å²) in [4.78, 5) is 13.4. The minimum absolute atomic E-state index is 0.0447. The predicted molar refractivity (Wildman–Crippen MR) is 79.5 cm³/mol. The Kier molecular flexibility index (Phi) is 4.67. The summed E-state index contributed by atoms with van der Waals surface area (Å²) < 4.78 is 19.0. The summed E-state index contributed by atoms with van der Waals surface area (Å²) in [5, 5.41) is 12.3. The van der Waals surface area contributed by atoms with Crippen molar-refractivity contribution < 1.29 is 13.9 Å². The summed E-state index contributed by atoms with van der Waals surface area (Å²) >= 11 is 0. The first-order valence-electron chi connectivity index (χ1n) is 7.18. The molecule has 0 bridgehead atoms. The largest absolute Gasteiger partial charge is 0.444 e. The molecule has 22 heavy (non-hydrogen) atoms. The first-order valence-corrected chi connectivity index (χ1v) is 7.18. The smallest absolute Gasteiger partial charge is 0.410 e. The molecule has 1 aliphatic rings. The second-order valence-corrected chi connectivity index (χ2v) is 6.33. The Labute approximate surface area is 129 Å². The van der Waals surface area contributed by atoms with Gasteiger partial charge in [-0.2, -0.15) is 5.26 Å². The number of hydrogen-bond acceptors (Lipinski definition) is 4. The molecular weight excluding hydrogens is 285 g/mol. The van der Waals surface area contributed by atoms with Gasteiger partial charge in [-0.25, -0.2) is 9.18 Å². The third-order valence-corrected chi connectivity index (χ3v) is 3.28. The second-order valence-electron chi connectivity index (χ2n) is 6.33. The van der Waals surface area contributed by atoms with Crippen LogP contribution < -0.4 is 5.32 Å². The lowest BCUT2D eigenvalue weighted by Crippen LogP contribution is -2.61. The van der Waals surface area contributed by atoms with Gasteiger partial charge in [0, 0.05) is 24.7 Å². The number of nitrogens with one attached hydrogen (secondary N) is 1. The molecule has 1 atom stereocenters. The van der Waals surface area contributed by atoms with Crippen molar-refractivity contribution in [1.29, 1.82) is 5.26 Å². The van der Waals surface area contributed by atoms with E-state index in [9.17, 15) is 14.4 Å². The maximum atomic E-state index is 13.7. The SMILES string of the molecule is CC(C)(C)OC(=O)N1CC(N[C@H](C#N)c2ccccc2F)C1. The lowest BCUT2D eigenvalue weighted by Gasteiger charge is -2.41. The molecule has 0 saturated carbocycles. The van der Waals surface area contributed by atoms with Gasteiger partial charge < -0.3 is 9.64 Å². The second kappa shape index (κ2) is 6.32. The van der Waals surface area contributed by atoms with Crippen LogP contribution >= 0.6 is 0 Å². The fraction of sp³-hybridized carbons (Fsp3) is 0.500. The molecule has 1 N–H and O–H groups in total. The van der Waals surface area contributed by atoms with E-state index < -0.39 is 17.5 Å². The number of benzene rings is 1. The highest BCUT2D eigenvalue weighted by molar-refractivity contribution is 5.69. The minimum Gasteiger partial charge on any atom is -0.444 e. The third-order valence-electron chi connectivity index (χ3n) is 3.28. The highest BCUT2D eigenvalue weighted by Crippen LogP contribution is 2.20. The van der Waals surface area contributed by atoms with Gasteiger partial charge in [0.25, 0.3) is 0 Å². The summed E-state index contributed by atoms with van der Waals surface area (Å²) in [7, 11) is 0. The molecular formula is C16H20FN3O2. The predicted octanol–water partition coefficient (Wildman–Crippen LogP) is 2.60. The molecule has 0 radical (unpaired) electrons. The highest BCUT2D eigenvalue weighted by Gasteiger charge is 2.35. The first kappa shape index (κ1) is 16.2. The number of nitriles is 1. The Bertz CT molecular complexity index is 586. The van der Waals surface area contributed by atoms with Gasteiger partial charge in [0.1, 0.15) is 17.5 Å². The van der Waals surface area contributed by atoms with Crippen molar-refractivity contribution in [3.63, 3.8) is 0 Å². The van der Waals surface area contributed by atoms with E-state index in [1.165, 1.54) is 6.07 Å². The number of hydrogen-bond donors (Lipinski definition) is 1. The van der Waals surface area contributed by atoms with Crippen LogP contribution in [0.15, 0.2) is 24.3 Å². The van der Waals surface area contributed by atoms with Crippen LogP contribution in [-0.4, -0.2) is 35.7 Å². The van der Waals surface area contributed by atoms with Gasteiger partial charge in [-0.1, -0.05) is 18.2 Å². The summed E-state index contributed by atoms with van der Waals surface area (Å²) in [5.41, 5.74) is -0.210. The lowest BCUT2D eigenvalue weighted by atomic mass is 10.0. The van der Waals surface area contributed by atoms with Crippen LogP contribution in [-0.2, 0) is 4.74 Å². The molecule has 0 unspecified atom stereocenters. The number of halogens is 1. The van der Waals surface area contributed by atoms with Crippen LogP contribution in [0.1, 0.15) is 32.4 Å². The highest BCUT2D eigenvalue weighted by atomic mass is 19.1. The number of rotatable bonds is 3. The normalized spacial score (nSPS) is 16.6. The van der Waals surface area contributed by atoms with Crippen LogP contribution in [0.5, 0.6) is 0 Å². The molecule has 6 heteroatoms. The molecule has 2 rings (SSSR count). The molecule has 5 nitrogen and oxygen atoms in total. The zero-order valence-corrected chi connectivity index (χ0v) is 13.0. The van der Waals surface area contributed by atoms with Gasteiger partial charge in [-0.15, -0.1) is 0 Å². The van der Waals surface area contributed by atoms with Crippen molar-refractivity contribution in [2.24, 2.45) is 0 Å². The molecule has 1 aliphatic heterocycles. The van der Waals surface area contributed by atoms with Crippen molar-refractivity contribution >= 4 is 6.09 Å². The zero-order chi connectivity index (χ0) is 16.3. The third kappa shape index (κ3) is 3.95. The van der Waals surface area contributed by atoms with E-state index >= 15 is 0 Å². The molecule has 1 aromatic rings. The summed E-state index contributed by atoms with van der Waals surface area (Å²) in [6.07, 6.45) is -0.370. The molecule has 1 heterocycles. The van der Waals surface area contributed by atoms with Gasteiger partial charge >= 0.3 is 6.09 Å². The lowest BCUT2D eigenvalue weighted by molar-refractivity contribution is 0.00471. The fourth-order valence-electron chi connectivity index (χ4n) is 2.20. The molecule has 0 spiro atoms. The molecule has 118 valence electrons. The number of carbonyl (C=O) groups is 1. The molecule has 0 aliphatic carbocycles. The van der Waals surface area contributed by atoms with Crippen LogP contribution in [0.25, 0.3) is 0 Å². The average Bonchev–Trinajstić information content (AvgIpc) is 2.36. The van der Waals surface area contributed by atoms with E-state index in [4.69, 9.17) is 4.74 Å². The van der Waals surface area contributed by atoms with Crippen molar-refractivity contribution in [3.05, 3.63) is 35.6 Å². The van der Waals surface area contributed by atoms with Gasteiger partial charge in [-0.05, 0) is 26.8 Å². The van der Waals surface area contributed by atoms with Crippen LogP contribution in [0.4, 0.5) is 9.18 Å². The van der Waals surface area contributed by atoms with E-state index in [1.54, 1.807) is 23.1 Å². The molecule has 1 fully saturated rings. The number of ether oxygens (including phenoxy) is 1. The van der Waals surface area contributed by atoms with Crippen molar-refractivity contribution in [2.45, 2.75) is 38.5 Å². The van der Waals surface area contributed by atoms with E-state index in [2.05, 4.69) is 11.4 Å². The van der Waals surface area contributed by atoms with E-state index in [0.717, 1.165) is 0 Å². The zero-order valence-electron chi connectivity index (χ0n) is 13.0. The van der Waals surface area contributed by atoms with Crippen molar-refractivity contribution in [2.75, 3.05) is 13.1 Å². The Morgan fingerprint density at radius 3 is 2.64 bits per heavy atom. The number of carbonyl (C=O) groups excluding carboxylic acids is 1. The van der Waals surface area contributed by atoms with Crippen LogP contribution in [0, 0.1) is 17.1 Å². The maximum Gasteiger partial charge on any atom is 0.410 e. The number of likely N-dealkylation sites (tertiary alicyclic amines) is 1. The van der Waals surface area contributed by atoms with Gasteiger partial charge in [0.05, 0.1) is 6.07 Å². The Balaban J connectivity index is 1.88. The fourth-order valence-corrected chi connectivity index (χ4v) is 2.20. The van der Waals surface area contributed by atoms with Gasteiger partial charge in [0.2, 0.25) is 0 Å². The number of nitrogens with zero attached hydrogens (tertiary/aromatic N) is 2. The van der Waals surface area contributed by atoms with Crippen LogP contribution in [0.2, 0.25) is 0 Å². The Morgan fingerprint density at radius 2 is 2.09 bits per heavy atom. The minimum atomic E-state index is -0.730. The topological polar surface area (TPSA) is 65.4 Å². The van der Waals surface area contributed by atoms with E-state index in [1.807, 2.05) is 20.8 Å². The van der Waals surface area contributed by atoms with Gasteiger partial charge in [-0.3, -0.25) is 5.32 Å². The summed E-state index contributed by atoms with van der Waals surface area (Å²) in [5.74, 6) is -0.412. The van der Waals surface area contributed by atoms with Crippen LogP contribution in [0.3, 0.4) is 0 Å². The molecule has 1 aromatic carbocycles. The first-order chi connectivity index (χ1) is 10.3. The summed E-state index contributed by atoms with van der Waals surface area (Å²) in [6, 6.07) is 7.47. The quantitative estimate of drug-likeness (QED) is 0.932.